The highest BCUT2D eigenvalue weighted by Gasteiger charge is 2.31. The number of carbonyl (C=O) groups is 1. The summed E-state index contributed by atoms with van der Waals surface area (Å²) in [4.78, 5) is 24.3. The van der Waals surface area contributed by atoms with Crippen LogP contribution in [0.4, 0.5) is 17.6 Å². The second kappa shape index (κ2) is 9.32. The molecule has 1 amide bonds. The van der Waals surface area contributed by atoms with Gasteiger partial charge in [-0.3, -0.25) is 9.89 Å². The number of hydrogen-bond donors (Lipinski definition) is 3. The highest BCUT2D eigenvalue weighted by atomic mass is 16.1. The fourth-order valence-corrected chi connectivity index (χ4v) is 5.59. The standard InChI is InChI=1S/C27H33N7O/c1-34(27-28-13-12-24(31-27)30-25-16-23(32-33-25)17-6-7-17)22-10-8-18(9-11-22)26(35)29-21-14-19-4-2-3-5-20(19)15-21/h2-5,12-13,16-18,21-22H,6-11,14-15H2,1H3,(H,29,35)(H2,28,30,31,32,33)/t18-,22-. The van der Waals surface area contributed by atoms with Crippen LogP contribution in [-0.2, 0) is 17.6 Å². The highest BCUT2D eigenvalue weighted by molar-refractivity contribution is 5.79. The summed E-state index contributed by atoms with van der Waals surface area (Å²) in [5, 5.41) is 14.1. The van der Waals surface area contributed by atoms with E-state index in [1.807, 2.05) is 6.07 Å². The number of H-pyrrole nitrogens is 1. The summed E-state index contributed by atoms with van der Waals surface area (Å²) in [6.07, 6.45) is 9.88. The molecule has 3 N–H and O–H groups in total. The van der Waals surface area contributed by atoms with Gasteiger partial charge < -0.3 is 15.5 Å². The molecule has 3 aliphatic rings. The number of rotatable bonds is 7. The molecule has 8 heteroatoms. The molecule has 35 heavy (non-hydrogen) atoms. The van der Waals surface area contributed by atoms with Crippen LogP contribution in [0, 0.1) is 5.92 Å². The Morgan fingerprint density at radius 3 is 2.46 bits per heavy atom. The van der Waals surface area contributed by atoms with Crippen molar-refractivity contribution in [2.24, 2.45) is 5.92 Å². The van der Waals surface area contributed by atoms with E-state index >= 15 is 0 Å². The minimum atomic E-state index is 0.0950. The van der Waals surface area contributed by atoms with Gasteiger partial charge in [-0.25, -0.2) is 4.98 Å². The van der Waals surface area contributed by atoms with Gasteiger partial charge >= 0.3 is 0 Å². The number of nitrogens with zero attached hydrogens (tertiary/aromatic N) is 4. The maximum absolute atomic E-state index is 13.0. The molecule has 3 aromatic rings. The first-order valence-corrected chi connectivity index (χ1v) is 12.9. The summed E-state index contributed by atoms with van der Waals surface area (Å²) in [7, 11) is 2.06. The molecule has 2 fully saturated rings. The predicted octanol–water partition coefficient (Wildman–Crippen LogP) is 4.10. The molecule has 2 heterocycles. The molecule has 0 bridgehead atoms. The first-order valence-electron chi connectivity index (χ1n) is 12.9. The van der Waals surface area contributed by atoms with Gasteiger partial charge in [-0.15, -0.1) is 0 Å². The number of amides is 1. The van der Waals surface area contributed by atoms with E-state index in [4.69, 9.17) is 4.98 Å². The van der Waals surface area contributed by atoms with E-state index in [-0.39, 0.29) is 17.9 Å². The molecule has 0 spiro atoms. The van der Waals surface area contributed by atoms with Crippen molar-refractivity contribution in [2.75, 3.05) is 17.3 Å². The lowest BCUT2D eigenvalue weighted by Crippen LogP contribution is -2.43. The molecule has 0 atom stereocenters. The van der Waals surface area contributed by atoms with Gasteiger partial charge in [0, 0.05) is 48.9 Å². The Balaban J connectivity index is 1.01. The lowest BCUT2D eigenvalue weighted by molar-refractivity contribution is -0.126. The zero-order chi connectivity index (χ0) is 23.8. The predicted molar refractivity (Wildman–Crippen MR) is 136 cm³/mol. The Kier molecular flexibility index (Phi) is 5.88. The number of hydrogen-bond acceptors (Lipinski definition) is 6. The number of fused-ring (bicyclic) bond motifs is 1. The summed E-state index contributed by atoms with van der Waals surface area (Å²) in [6, 6.07) is 13.0. The number of aromatic nitrogens is 4. The van der Waals surface area contributed by atoms with Crippen LogP contribution in [0.1, 0.15) is 61.3 Å². The number of nitrogens with one attached hydrogen (secondary N) is 3. The summed E-state index contributed by atoms with van der Waals surface area (Å²) in [5.74, 6) is 3.17. The van der Waals surface area contributed by atoms with Gasteiger partial charge in [-0.1, -0.05) is 24.3 Å². The monoisotopic (exact) mass is 471 g/mol. The van der Waals surface area contributed by atoms with E-state index in [0.717, 1.165) is 50.2 Å². The van der Waals surface area contributed by atoms with Crippen molar-refractivity contribution in [3.63, 3.8) is 0 Å². The third-order valence-corrected chi connectivity index (χ3v) is 7.84. The van der Waals surface area contributed by atoms with Gasteiger partial charge in [0.05, 0.1) is 0 Å². The lowest BCUT2D eigenvalue weighted by atomic mass is 9.84. The Labute approximate surface area is 205 Å². The average molecular weight is 472 g/mol. The molecule has 0 aliphatic heterocycles. The second-order valence-corrected chi connectivity index (χ2v) is 10.3. The van der Waals surface area contributed by atoms with Crippen LogP contribution in [0.2, 0.25) is 0 Å². The van der Waals surface area contributed by atoms with Gasteiger partial charge in [0.25, 0.3) is 0 Å². The molecule has 1 aromatic carbocycles. The second-order valence-electron chi connectivity index (χ2n) is 10.3. The minimum absolute atomic E-state index is 0.0950. The summed E-state index contributed by atoms with van der Waals surface area (Å²) >= 11 is 0. The summed E-state index contributed by atoms with van der Waals surface area (Å²) in [6.45, 7) is 0. The van der Waals surface area contributed by atoms with Gasteiger partial charge in [-0.05, 0) is 68.6 Å². The molecule has 2 aromatic heterocycles. The topological polar surface area (TPSA) is 98.8 Å². The largest absolute Gasteiger partial charge is 0.352 e. The molecule has 182 valence electrons. The first-order chi connectivity index (χ1) is 17.1. The Hall–Kier alpha value is -3.42. The first kappa shape index (κ1) is 22.1. The van der Waals surface area contributed by atoms with Gasteiger partial charge in [0.1, 0.15) is 5.82 Å². The Bertz CT molecular complexity index is 1170. The SMILES string of the molecule is CN(c1nccc(Nc2cc(C3CC3)[nH]n2)n1)[C@H]1CC[C@H](C(=O)NC2Cc3ccccc3C2)CC1. The van der Waals surface area contributed by atoms with Crippen molar-refractivity contribution in [3.05, 3.63) is 59.4 Å². The molecule has 8 nitrogen and oxygen atoms in total. The highest BCUT2D eigenvalue weighted by Crippen LogP contribution is 2.39. The zero-order valence-electron chi connectivity index (χ0n) is 20.2. The molecule has 6 rings (SSSR count). The van der Waals surface area contributed by atoms with Crippen molar-refractivity contribution < 1.29 is 4.79 Å². The van der Waals surface area contributed by atoms with Crippen LogP contribution in [0.15, 0.2) is 42.6 Å². The smallest absolute Gasteiger partial charge is 0.227 e. The van der Waals surface area contributed by atoms with Crippen LogP contribution < -0.4 is 15.5 Å². The molecular weight excluding hydrogens is 438 g/mol. The van der Waals surface area contributed by atoms with E-state index < -0.39 is 0 Å². The van der Waals surface area contributed by atoms with Crippen LogP contribution >= 0.6 is 0 Å². The molecule has 0 unspecified atom stereocenters. The number of aromatic amines is 1. The molecule has 2 saturated carbocycles. The normalized spacial score (nSPS) is 22.0. The molecular formula is C27H33N7O. The molecule has 0 saturated heterocycles. The number of benzene rings is 1. The quantitative estimate of drug-likeness (QED) is 0.480. The minimum Gasteiger partial charge on any atom is -0.352 e. The van der Waals surface area contributed by atoms with Crippen LogP contribution in [-0.4, -0.2) is 45.2 Å². The average Bonchev–Trinajstić information content (AvgIpc) is 3.49. The van der Waals surface area contributed by atoms with E-state index in [1.165, 1.54) is 29.7 Å². The zero-order valence-corrected chi connectivity index (χ0v) is 20.2. The maximum atomic E-state index is 13.0. The molecule has 0 radical (unpaired) electrons. The van der Waals surface area contributed by atoms with Crippen molar-refractivity contribution >= 4 is 23.5 Å². The van der Waals surface area contributed by atoms with Gasteiger partial charge in [-0.2, -0.15) is 10.1 Å². The number of anilines is 3. The fraction of sp³-hybridized carbons (Fsp3) is 0.481. The maximum Gasteiger partial charge on any atom is 0.227 e. The van der Waals surface area contributed by atoms with Crippen molar-refractivity contribution in [1.82, 2.24) is 25.5 Å². The van der Waals surface area contributed by atoms with Gasteiger partial charge in [0.2, 0.25) is 11.9 Å². The van der Waals surface area contributed by atoms with E-state index in [2.05, 4.69) is 68.1 Å². The third-order valence-electron chi connectivity index (χ3n) is 7.84. The third kappa shape index (κ3) is 4.88. The van der Waals surface area contributed by atoms with Crippen molar-refractivity contribution in [1.29, 1.82) is 0 Å². The Morgan fingerprint density at radius 2 is 1.74 bits per heavy atom. The number of carbonyl (C=O) groups excluding carboxylic acids is 1. The van der Waals surface area contributed by atoms with E-state index in [0.29, 0.717) is 17.9 Å². The summed E-state index contributed by atoms with van der Waals surface area (Å²) in [5.41, 5.74) is 3.93. The molecule has 3 aliphatic carbocycles. The van der Waals surface area contributed by atoms with Crippen LogP contribution in [0.5, 0.6) is 0 Å². The Morgan fingerprint density at radius 1 is 1.00 bits per heavy atom. The van der Waals surface area contributed by atoms with Crippen LogP contribution in [0.3, 0.4) is 0 Å². The van der Waals surface area contributed by atoms with Gasteiger partial charge in [0.15, 0.2) is 5.82 Å². The summed E-state index contributed by atoms with van der Waals surface area (Å²) < 4.78 is 0. The van der Waals surface area contributed by atoms with E-state index in [9.17, 15) is 4.79 Å². The van der Waals surface area contributed by atoms with Crippen molar-refractivity contribution in [2.45, 2.75) is 69.4 Å². The van der Waals surface area contributed by atoms with Crippen LogP contribution in [0.25, 0.3) is 0 Å². The fourth-order valence-electron chi connectivity index (χ4n) is 5.59. The van der Waals surface area contributed by atoms with Crippen molar-refractivity contribution in [3.8, 4) is 0 Å². The van der Waals surface area contributed by atoms with E-state index in [1.54, 1.807) is 6.20 Å². The lowest BCUT2D eigenvalue weighted by Gasteiger charge is -2.34.